The molecule has 0 amide bonds. The van der Waals surface area contributed by atoms with Gasteiger partial charge in [-0.1, -0.05) is 47.5 Å². The molecule has 6 heteroatoms. The van der Waals surface area contributed by atoms with Crippen LogP contribution >= 0.6 is 23.2 Å². The number of halogens is 4. The Hall–Kier alpha value is -2.24. The minimum absolute atomic E-state index is 0.193. The van der Waals surface area contributed by atoms with E-state index < -0.39 is 17.2 Å². The second kappa shape index (κ2) is 9.32. The minimum atomic E-state index is -1.36. The summed E-state index contributed by atoms with van der Waals surface area (Å²) in [5, 5.41) is 16.2. The summed E-state index contributed by atoms with van der Waals surface area (Å²) in [4.78, 5) is 0. The fourth-order valence-corrected chi connectivity index (χ4v) is 4.59. The van der Waals surface area contributed by atoms with Gasteiger partial charge in [0.2, 0.25) is 0 Å². The fourth-order valence-electron chi connectivity index (χ4n) is 4.34. The highest BCUT2D eigenvalue weighted by molar-refractivity contribution is 6.30. The summed E-state index contributed by atoms with van der Waals surface area (Å²) >= 11 is 12.2. The van der Waals surface area contributed by atoms with Gasteiger partial charge in [0.05, 0.1) is 5.60 Å². The van der Waals surface area contributed by atoms with Gasteiger partial charge in [0.25, 0.3) is 0 Å². The van der Waals surface area contributed by atoms with Gasteiger partial charge in [0.1, 0.15) is 11.6 Å². The summed E-state index contributed by atoms with van der Waals surface area (Å²) in [5.74, 6) is -1.54. The molecule has 1 saturated heterocycles. The maximum absolute atomic E-state index is 14.0. The first-order valence-electron chi connectivity index (χ1n) is 10.4. The van der Waals surface area contributed by atoms with Crippen molar-refractivity contribution in [3.63, 3.8) is 0 Å². The number of hydrogen-bond donors (Lipinski definition) is 2. The highest BCUT2D eigenvalue weighted by atomic mass is 35.5. The Morgan fingerprint density at radius 3 is 1.78 bits per heavy atom. The Labute approximate surface area is 196 Å². The topological polar surface area (TPSA) is 32.3 Å². The largest absolute Gasteiger partial charge is 0.385 e. The third kappa shape index (κ3) is 5.05. The zero-order valence-electron chi connectivity index (χ0n) is 17.5. The standard InChI is InChI=1S/C26H23Cl2F2NO/c1-26(32,25(19-14-31-15-19)18-10-22(29)12-23(30)11-18)13-24(16-2-6-20(27)7-3-16)17-4-8-21(28)9-5-17/h2-12,24,31-32H,13-15H2,1H3. The van der Waals surface area contributed by atoms with E-state index in [0.29, 0.717) is 40.7 Å². The molecule has 32 heavy (non-hydrogen) atoms. The first kappa shape index (κ1) is 22.9. The molecule has 1 aliphatic heterocycles. The lowest BCUT2D eigenvalue weighted by molar-refractivity contribution is 0.106. The van der Waals surface area contributed by atoms with E-state index in [1.807, 2.05) is 48.5 Å². The van der Waals surface area contributed by atoms with E-state index in [9.17, 15) is 13.9 Å². The predicted molar refractivity (Wildman–Crippen MR) is 126 cm³/mol. The van der Waals surface area contributed by atoms with Crippen molar-refractivity contribution in [3.8, 4) is 0 Å². The Morgan fingerprint density at radius 1 is 0.906 bits per heavy atom. The fraction of sp³-hybridized carbons (Fsp3) is 0.231. The Bertz CT molecular complexity index is 1070. The Balaban J connectivity index is 1.78. The molecule has 0 bridgehead atoms. The summed E-state index contributed by atoms with van der Waals surface area (Å²) in [6.45, 7) is 2.83. The number of aliphatic hydroxyl groups is 1. The average molecular weight is 474 g/mol. The van der Waals surface area contributed by atoms with Crippen molar-refractivity contribution in [1.82, 2.24) is 5.32 Å². The number of rotatable bonds is 6. The lowest BCUT2D eigenvalue weighted by Gasteiger charge is -2.36. The monoisotopic (exact) mass is 473 g/mol. The maximum atomic E-state index is 14.0. The van der Waals surface area contributed by atoms with Crippen LogP contribution in [0, 0.1) is 11.6 Å². The highest BCUT2D eigenvalue weighted by Gasteiger charge is 2.35. The molecule has 3 aromatic carbocycles. The van der Waals surface area contributed by atoms with Crippen molar-refractivity contribution >= 4 is 28.8 Å². The summed E-state index contributed by atoms with van der Waals surface area (Å²) in [6.07, 6.45) is 0.299. The molecule has 1 fully saturated rings. The van der Waals surface area contributed by atoms with E-state index in [4.69, 9.17) is 23.2 Å². The van der Waals surface area contributed by atoms with Crippen LogP contribution in [0.1, 0.15) is 36.0 Å². The minimum Gasteiger partial charge on any atom is -0.385 e. The van der Waals surface area contributed by atoms with Gasteiger partial charge in [0.15, 0.2) is 0 Å². The van der Waals surface area contributed by atoms with E-state index in [1.165, 1.54) is 12.1 Å². The Morgan fingerprint density at radius 2 is 1.38 bits per heavy atom. The van der Waals surface area contributed by atoms with Gasteiger partial charge in [-0.15, -0.1) is 0 Å². The second-order valence-electron chi connectivity index (χ2n) is 8.37. The van der Waals surface area contributed by atoms with Crippen LogP contribution in [0.2, 0.25) is 10.0 Å². The number of hydrogen-bond acceptors (Lipinski definition) is 2. The van der Waals surface area contributed by atoms with Crippen LogP contribution in [-0.4, -0.2) is 23.8 Å². The molecule has 2 N–H and O–H groups in total. The molecule has 0 aromatic heterocycles. The molecule has 0 radical (unpaired) electrons. The van der Waals surface area contributed by atoms with Gasteiger partial charge in [-0.3, -0.25) is 0 Å². The van der Waals surface area contributed by atoms with Crippen molar-refractivity contribution < 1.29 is 13.9 Å². The highest BCUT2D eigenvalue weighted by Crippen LogP contribution is 2.41. The summed E-state index contributed by atoms with van der Waals surface area (Å²) in [6, 6.07) is 18.3. The maximum Gasteiger partial charge on any atom is 0.126 e. The number of nitrogens with one attached hydrogen (secondary N) is 1. The van der Waals surface area contributed by atoms with Crippen LogP contribution in [0.3, 0.4) is 0 Å². The quantitative estimate of drug-likeness (QED) is 0.422. The first-order chi connectivity index (χ1) is 15.2. The molecule has 4 rings (SSSR count). The molecule has 1 unspecified atom stereocenters. The molecular weight excluding hydrogens is 451 g/mol. The van der Waals surface area contributed by atoms with Gasteiger partial charge in [-0.05, 0) is 77.6 Å². The third-order valence-electron chi connectivity index (χ3n) is 5.87. The lowest BCUT2D eigenvalue weighted by Crippen LogP contribution is -2.40. The smallest absolute Gasteiger partial charge is 0.126 e. The molecule has 1 heterocycles. The molecule has 166 valence electrons. The van der Waals surface area contributed by atoms with E-state index in [2.05, 4.69) is 5.32 Å². The van der Waals surface area contributed by atoms with E-state index in [1.54, 1.807) is 6.92 Å². The Kier molecular flexibility index (Phi) is 6.68. The van der Waals surface area contributed by atoms with Crippen molar-refractivity contribution in [2.24, 2.45) is 0 Å². The van der Waals surface area contributed by atoms with Crippen LogP contribution in [0.25, 0.3) is 5.57 Å². The molecule has 0 aliphatic carbocycles. The predicted octanol–water partition coefficient (Wildman–Crippen LogP) is 6.60. The van der Waals surface area contributed by atoms with Crippen molar-refractivity contribution in [2.45, 2.75) is 24.9 Å². The second-order valence-corrected chi connectivity index (χ2v) is 9.25. The summed E-state index contributed by atoms with van der Waals surface area (Å²) in [7, 11) is 0. The summed E-state index contributed by atoms with van der Waals surface area (Å²) in [5.41, 5.74) is 2.43. The van der Waals surface area contributed by atoms with Gasteiger partial charge < -0.3 is 10.4 Å². The average Bonchev–Trinajstić information content (AvgIpc) is 2.69. The van der Waals surface area contributed by atoms with Crippen LogP contribution in [0.5, 0.6) is 0 Å². The van der Waals surface area contributed by atoms with E-state index in [0.717, 1.165) is 22.8 Å². The van der Waals surface area contributed by atoms with Crippen LogP contribution in [0.15, 0.2) is 72.3 Å². The van der Waals surface area contributed by atoms with Crippen LogP contribution in [-0.2, 0) is 0 Å². The third-order valence-corrected chi connectivity index (χ3v) is 6.37. The molecule has 0 spiro atoms. The lowest BCUT2D eigenvalue weighted by atomic mass is 9.75. The summed E-state index contributed by atoms with van der Waals surface area (Å²) < 4.78 is 28.1. The zero-order valence-corrected chi connectivity index (χ0v) is 19.0. The first-order valence-corrected chi connectivity index (χ1v) is 11.1. The molecule has 1 aliphatic rings. The number of benzene rings is 3. The van der Waals surface area contributed by atoms with Gasteiger partial charge >= 0.3 is 0 Å². The van der Waals surface area contributed by atoms with Gasteiger partial charge in [0, 0.05) is 35.1 Å². The van der Waals surface area contributed by atoms with Crippen molar-refractivity contribution in [1.29, 1.82) is 0 Å². The molecule has 0 saturated carbocycles. The SMILES string of the molecule is CC(O)(CC(c1ccc(Cl)cc1)c1ccc(Cl)cc1)C(=C1CNC1)c1cc(F)cc(F)c1. The van der Waals surface area contributed by atoms with E-state index in [-0.39, 0.29) is 5.92 Å². The van der Waals surface area contributed by atoms with Crippen molar-refractivity contribution in [2.75, 3.05) is 13.1 Å². The normalized spacial score (nSPS) is 15.4. The van der Waals surface area contributed by atoms with Crippen LogP contribution in [0.4, 0.5) is 8.78 Å². The zero-order chi connectivity index (χ0) is 22.9. The van der Waals surface area contributed by atoms with Gasteiger partial charge in [-0.2, -0.15) is 0 Å². The van der Waals surface area contributed by atoms with Gasteiger partial charge in [-0.25, -0.2) is 8.78 Å². The molecule has 1 atom stereocenters. The van der Waals surface area contributed by atoms with E-state index >= 15 is 0 Å². The van der Waals surface area contributed by atoms with Crippen LogP contribution < -0.4 is 5.32 Å². The molecular formula is C26H23Cl2F2NO. The molecule has 3 aromatic rings. The molecule has 2 nitrogen and oxygen atoms in total. The van der Waals surface area contributed by atoms with Crippen molar-refractivity contribution in [3.05, 3.63) is 111 Å².